The Morgan fingerprint density at radius 2 is 1.79 bits per heavy atom. The van der Waals surface area contributed by atoms with E-state index < -0.39 is 16.1 Å². The van der Waals surface area contributed by atoms with Gasteiger partial charge in [0.2, 0.25) is 5.13 Å². The summed E-state index contributed by atoms with van der Waals surface area (Å²) in [5, 5.41) is 11.6. The molecule has 0 fully saturated rings. The maximum atomic E-state index is 12.5. The molecule has 0 bridgehead atoms. The topological polar surface area (TPSA) is 110 Å². The molecule has 0 saturated heterocycles. The van der Waals surface area contributed by atoms with Crippen LogP contribution in [0.2, 0.25) is 0 Å². The van der Waals surface area contributed by atoms with Gasteiger partial charge in [0.25, 0.3) is 10.0 Å². The van der Waals surface area contributed by atoms with Crippen molar-refractivity contribution >= 4 is 38.3 Å². The highest BCUT2D eigenvalue weighted by molar-refractivity contribution is 7.93. The summed E-state index contributed by atoms with van der Waals surface area (Å²) in [4.78, 5) is 11.5. The van der Waals surface area contributed by atoms with Crippen molar-refractivity contribution in [2.45, 2.75) is 57.3 Å². The largest absolute Gasteiger partial charge is 0.450 e. The molecule has 0 atom stereocenters. The molecule has 0 aliphatic carbocycles. The molecular formula is C18H26N4O4S2. The van der Waals surface area contributed by atoms with Crippen LogP contribution < -0.4 is 10.0 Å². The minimum absolute atomic E-state index is 0.0678. The summed E-state index contributed by atoms with van der Waals surface area (Å²) in [6.07, 6.45) is 6.01. The number of hydrogen-bond acceptors (Lipinski definition) is 7. The van der Waals surface area contributed by atoms with Crippen molar-refractivity contribution < 1.29 is 17.9 Å². The van der Waals surface area contributed by atoms with E-state index in [0.717, 1.165) is 24.3 Å². The predicted octanol–water partition coefficient (Wildman–Crippen LogP) is 4.42. The van der Waals surface area contributed by atoms with Crippen molar-refractivity contribution in [1.29, 1.82) is 0 Å². The third kappa shape index (κ3) is 7.08. The van der Waals surface area contributed by atoms with Crippen molar-refractivity contribution in [3.8, 4) is 0 Å². The second-order valence-corrected chi connectivity index (χ2v) is 8.88. The lowest BCUT2D eigenvalue weighted by molar-refractivity contribution is 0.168. The van der Waals surface area contributed by atoms with Gasteiger partial charge in [-0.25, -0.2) is 13.2 Å². The van der Waals surface area contributed by atoms with E-state index in [1.807, 2.05) is 0 Å². The molecule has 1 aromatic carbocycles. The summed E-state index contributed by atoms with van der Waals surface area (Å²) >= 11 is 1.25. The minimum atomic E-state index is -3.77. The Morgan fingerprint density at radius 1 is 1.07 bits per heavy atom. The summed E-state index contributed by atoms with van der Waals surface area (Å²) in [7, 11) is -3.77. The quantitative estimate of drug-likeness (QED) is 0.515. The second kappa shape index (κ2) is 11.0. The van der Waals surface area contributed by atoms with Crippen LogP contribution in [0.1, 0.15) is 51.0 Å². The zero-order chi connectivity index (χ0) is 20.4. The summed E-state index contributed by atoms with van der Waals surface area (Å²) in [6.45, 7) is 4.13. The predicted molar refractivity (Wildman–Crippen MR) is 110 cm³/mol. The Labute approximate surface area is 169 Å². The summed E-state index contributed by atoms with van der Waals surface area (Å²) in [6, 6.07) is 5.79. The van der Waals surface area contributed by atoms with E-state index in [1.165, 1.54) is 54.9 Å². The average Bonchev–Trinajstić information content (AvgIpc) is 3.08. The molecule has 1 aromatic heterocycles. The van der Waals surface area contributed by atoms with Crippen LogP contribution in [0.5, 0.6) is 0 Å². The fourth-order valence-electron chi connectivity index (χ4n) is 2.45. The maximum absolute atomic E-state index is 12.5. The lowest BCUT2D eigenvalue weighted by Gasteiger charge is -2.07. The van der Waals surface area contributed by atoms with Gasteiger partial charge in [-0.2, -0.15) is 0 Å². The Bertz CT molecular complexity index is 851. The van der Waals surface area contributed by atoms with Crippen molar-refractivity contribution in [1.82, 2.24) is 10.2 Å². The molecule has 1 amide bonds. The van der Waals surface area contributed by atoms with E-state index in [2.05, 4.69) is 27.2 Å². The number of carbonyl (C=O) groups is 1. The Balaban J connectivity index is 1.91. The zero-order valence-corrected chi connectivity index (χ0v) is 17.7. The number of nitrogens with one attached hydrogen (secondary N) is 2. The van der Waals surface area contributed by atoms with Crippen molar-refractivity contribution in [3.63, 3.8) is 0 Å². The number of aryl methyl sites for hydroxylation is 1. The summed E-state index contributed by atoms with van der Waals surface area (Å²) in [5.74, 6) is 0. The van der Waals surface area contributed by atoms with Crippen LogP contribution >= 0.6 is 11.3 Å². The first-order valence-corrected chi connectivity index (χ1v) is 11.6. The highest BCUT2D eigenvalue weighted by atomic mass is 32.2. The van der Waals surface area contributed by atoms with Gasteiger partial charge in [-0.15, -0.1) is 10.2 Å². The van der Waals surface area contributed by atoms with Crippen molar-refractivity contribution in [3.05, 3.63) is 29.3 Å². The Kier molecular flexibility index (Phi) is 8.65. The first kappa shape index (κ1) is 22.1. The van der Waals surface area contributed by atoms with E-state index in [-0.39, 0.29) is 16.6 Å². The van der Waals surface area contributed by atoms with E-state index in [9.17, 15) is 13.2 Å². The number of hydrogen-bond donors (Lipinski definition) is 2. The third-order valence-corrected chi connectivity index (χ3v) is 6.25. The molecule has 0 spiro atoms. The average molecular weight is 427 g/mol. The summed E-state index contributed by atoms with van der Waals surface area (Å²) < 4.78 is 32.2. The molecule has 0 unspecified atom stereocenters. The lowest BCUT2D eigenvalue weighted by Crippen LogP contribution is -2.14. The SMILES string of the molecule is CCCCCCCc1nnc(NS(=O)(=O)c2ccc(NC(=O)OCC)cc2)s1. The second-order valence-electron chi connectivity index (χ2n) is 6.14. The molecule has 1 heterocycles. The Hall–Kier alpha value is -2.20. The fraction of sp³-hybridized carbons (Fsp3) is 0.500. The summed E-state index contributed by atoms with van der Waals surface area (Å²) in [5.41, 5.74) is 0.443. The maximum Gasteiger partial charge on any atom is 0.411 e. The number of anilines is 2. The van der Waals surface area contributed by atoms with Crippen LogP contribution in [-0.2, 0) is 21.2 Å². The van der Waals surface area contributed by atoms with Crippen LogP contribution in [-0.4, -0.2) is 31.3 Å². The molecule has 28 heavy (non-hydrogen) atoms. The van der Waals surface area contributed by atoms with E-state index in [4.69, 9.17) is 4.74 Å². The molecule has 0 aliphatic heterocycles. The van der Waals surface area contributed by atoms with Crippen molar-refractivity contribution in [2.24, 2.45) is 0 Å². The number of rotatable bonds is 11. The zero-order valence-electron chi connectivity index (χ0n) is 16.1. The third-order valence-electron chi connectivity index (χ3n) is 3.87. The normalized spacial score (nSPS) is 11.2. The van der Waals surface area contributed by atoms with Crippen LogP contribution in [0, 0.1) is 0 Å². The first-order chi connectivity index (χ1) is 13.4. The highest BCUT2D eigenvalue weighted by Crippen LogP contribution is 2.22. The molecule has 2 N–H and O–H groups in total. The number of ether oxygens (including phenoxy) is 1. The van der Waals surface area contributed by atoms with Gasteiger partial charge in [0.05, 0.1) is 11.5 Å². The highest BCUT2D eigenvalue weighted by Gasteiger charge is 2.17. The van der Waals surface area contributed by atoms with Gasteiger partial charge in [0, 0.05) is 12.1 Å². The monoisotopic (exact) mass is 426 g/mol. The van der Waals surface area contributed by atoms with Gasteiger partial charge in [-0.05, 0) is 37.6 Å². The van der Waals surface area contributed by atoms with Gasteiger partial charge in [0.1, 0.15) is 5.01 Å². The van der Waals surface area contributed by atoms with Crippen LogP contribution in [0.15, 0.2) is 29.2 Å². The minimum Gasteiger partial charge on any atom is -0.450 e. The molecule has 0 saturated carbocycles. The number of aromatic nitrogens is 2. The van der Waals surface area contributed by atoms with Gasteiger partial charge in [-0.3, -0.25) is 10.0 Å². The molecule has 0 radical (unpaired) electrons. The molecule has 0 aliphatic rings. The molecule has 10 heteroatoms. The molecule has 2 rings (SSSR count). The van der Waals surface area contributed by atoms with Gasteiger partial charge >= 0.3 is 6.09 Å². The van der Waals surface area contributed by atoms with E-state index >= 15 is 0 Å². The number of benzene rings is 1. The number of sulfonamides is 1. The number of nitrogens with zero attached hydrogens (tertiary/aromatic N) is 2. The molecule has 2 aromatic rings. The van der Waals surface area contributed by atoms with Gasteiger partial charge in [0.15, 0.2) is 0 Å². The Morgan fingerprint density at radius 3 is 2.46 bits per heavy atom. The molecule has 8 nitrogen and oxygen atoms in total. The fourth-order valence-corrected chi connectivity index (χ4v) is 4.46. The number of carbonyl (C=O) groups excluding carboxylic acids is 1. The number of amides is 1. The first-order valence-electron chi connectivity index (χ1n) is 9.33. The lowest BCUT2D eigenvalue weighted by atomic mass is 10.1. The van der Waals surface area contributed by atoms with Crippen LogP contribution in [0.25, 0.3) is 0 Å². The van der Waals surface area contributed by atoms with Crippen molar-refractivity contribution in [2.75, 3.05) is 16.6 Å². The van der Waals surface area contributed by atoms with Crippen LogP contribution in [0.3, 0.4) is 0 Å². The molecular weight excluding hydrogens is 400 g/mol. The van der Waals surface area contributed by atoms with Crippen LogP contribution in [0.4, 0.5) is 15.6 Å². The standard InChI is InChI=1S/C18H26N4O4S2/c1-3-5-6-7-8-9-16-20-21-17(27-16)22-28(24,25)15-12-10-14(11-13-15)19-18(23)26-4-2/h10-13H,3-9H2,1-2H3,(H,19,23)(H,21,22). The van der Waals surface area contributed by atoms with E-state index in [0.29, 0.717) is 5.69 Å². The van der Waals surface area contributed by atoms with Gasteiger partial charge < -0.3 is 4.74 Å². The molecule has 154 valence electrons. The smallest absolute Gasteiger partial charge is 0.411 e. The van der Waals surface area contributed by atoms with E-state index in [1.54, 1.807) is 6.92 Å². The number of unbranched alkanes of at least 4 members (excludes halogenated alkanes) is 4. The van der Waals surface area contributed by atoms with Gasteiger partial charge in [-0.1, -0.05) is 43.9 Å².